The fourth-order valence-corrected chi connectivity index (χ4v) is 4.69. The Morgan fingerprint density at radius 1 is 0.833 bits per heavy atom. The molecule has 0 bridgehead atoms. The van der Waals surface area contributed by atoms with E-state index >= 15 is 0 Å². The van der Waals surface area contributed by atoms with Gasteiger partial charge in [0.25, 0.3) is 0 Å². The van der Waals surface area contributed by atoms with Gasteiger partial charge >= 0.3 is 0 Å². The Hall–Kier alpha value is -3.13. The number of benzene rings is 4. The van der Waals surface area contributed by atoms with Gasteiger partial charge in [0.2, 0.25) is 5.90 Å². The Labute approximate surface area is 178 Å². The predicted molar refractivity (Wildman–Crippen MR) is 127 cm³/mol. The van der Waals surface area contributed by atoms with Crippen molar-refractivity contribution in [2.24, 2.45) is 10.9 Å². The second-order valence-electron chi connectivity index (χ2n) is 8.68. The monoisotopic (exact) mass is 393 g/mol. The predicted octanol–water partition coefficient (Wildman–Crippen LogP) is 7.08. The maximum atomic E-state index is 6.20. The van der Waals surface area contributed by atoms with Gasteiger partial charge < -0.3 is 4.74 Å². The fraction of sp³-hybridized carbons (Fsp3) is 0.250. The van der Waals surface area contributed by atoms with E-state index in [2.05, 4.69) is 94.4 Å². The van der Waals surface area contributed by atoms with Gasteiger partial charge in [-0.05, 0) is 63.6 Å². The third-order valence-corrected chi connectivity index (χ3v) is 6.36. The lowest BCUT2D eigenvalue weighted by Gasteiger charge is -2.18. The molecule has 0 saturated carbocycles. The largest absolute Gasteiger partial charge is 0.475 e. The fourth-order valence-electron chi connectivity index (χ4n) is 4.69. The number of aliphatic imine (C=N–C) groups is 1. The molecule has 0 radical (unpaired) electrons. The van der Waals surface area contributed by atoms with Crippen LogP contribution < -0.4 is 0 Å². The summed E-state index contributed by atoms with van der Waals surface area (Å²) in [6.45, 7) is 9.52. The lowest BCUT2D eigenvalue weighted by Crippen LogP contribution is -2.13. The average molecular weight is 394 g/mol. The molecule has 0 aliphatic carbocycles. The van der Waals surface area contributed by atoms with Crippen LogP contribution >= 0.6 is 0 Å². The Kier molecular flexibility index (Phi) is 4.58. The normalized spacial score (nSPS) is 16.3. The molecule has 150 valence electrons. The first-order chi connectivity index (χ1) is 14.5. The van der Waals surface area contributed by atoms with Crippen molar-refractivity contribution in [2.45, 2.75) is 33.7 Å². The second-order valence-corrected chi connectivity index (χ2v) is 8.68. The van der Waals surface area contributed by atoms with E-state index in [1.54, 1.807) is 0 Å². The van der Waals surface area contributed by atoms with Gasteiger partial charge in [-0.2, -0.15) is 0 Å². The van der Waals surface area contributed by atoms with Crippen molar-refractivity contribution < 1.29 is 4.74 Å². The molecule has 1 aliphatic heterocycles. The molecule has 0 unspecified atom stereocenters. The van der Waals surface area contributed by atoms with E-state index in [1.807, 2.05) is 0 Å². The molecule has 1 aliphatic rings. The smallest absolute Gasteiger partial charge is 0.217 e. The van der Waals surface area contributed by atoms with Crippen LogP contribution in [-0.2, 0) is 4.74 Å². The molecule has 1 heterocycles. The van der Waals surface area contributed by atoms with E-state index in [-0.39, 0.29) is 6.04 Å². The molecule has 4 aromatic carbocycles. The van der Waals surface area contributed by atoms with E-state index in [0.29, 0.717) is 12.5 Å². The summed E-state index contributed by atoms with van der Waals surface area (Å²) in [5.41, 5.74) is 6.20. The molecule has 0 spiro atoms. The van der Waals surface area contributed by atoms with Crippen LogP contribution in [0.1, 0.15) is 30.5 Å². The first-order valence-electron chi connectivity index (χ1n) is 10.8. The SMILES string of the molecule is Cc1cc2ccccc2c(C)c1-c1ccc2ccccc2c1C1=N[C@@H](C(C)C)CO1. The molecule has 5 rings (SSSR count). The molecule has 0 fully saturated rings. The number of hydrogen-bond donors (Lipinski definition) is 0. The van der Waals surface area contributed by atoms with E-state index < -0.39 is 0 Å². The van der Waals surface area contributed by atoms with Gasteiger partial charge in [0, 0.05) is 0 Å². The number of aryl methyl sites for hydroxylation is 2. The maximum Gasteiger partial charge on any atom is 0.217 e. The first-order valence-corrected chi connectivity index (χ1v) is 10.8. The van der Waals surface area contributed by atoms with Crippen LogP contribution in [0.15, 0.2) is 71.7 Å². The van der Waals surface area contributed by atoms with Crippen molar-refractivity contribution in [2.75, 3.05) is 6.61 Å². The highest BCUT2D eigenvalue weighted by Gasteiger charge is 2.27. The molecule has 0 amide bonds. The van der Waals surface area contributed by atoms with Crippen molar-refractivity contribution in [3.8, 4) is 11.1 Å². The molecular formula is C28H27NO. The topological polar surface area (TPSA) is 21.6 Å². The Bertz CT molecular complexity index is 1300. The summed E-state index contributed by atoms with van der Waals surface area (Å²) in [5.74, 6) is 1.25. The van der Waals surface area contributed by atoms with Crippen LogP contribution in [0, 0.1) is 19.8 Å². The Morgan fingerprint density at radius 3 is 2.27 bits per heavy atom. The van der Waals surface area contributed by atoms with Crippen LogP contribution in [0.2, 0.25) is 0 Å². The van der Waals surface area contributed by atoms with Gasteiger partial charge in [-0.15, -0.1) is 0 Å². The van der Waals surface area contributed by atoms with Gasteiger partial charge in [-0.25, -0.2) is 4.99 Å². The highest BCUT2D eigenvalue weighted by atomic mass is 16.5. The van der Waals surface area contributed by atoms with Gasteiger partial charge in [0.1, 0.15) is 6.61 Å². The van der Waals surface area contributed by atoms with Gasteiger partial charge in [0.15, 0.2) is 0 Å². The Balaban J connectivity index is 1.83. The van der Waals surface area contributed by atoms with Crippen molar-refractivity contribution in [3.05, 3.63) is 83.4 Å². The standard InChI is InChI=1S/C28H27NO/c1-17(2)25-16-30-28(29-25)27-23-12-8-5-9-20(23)13-14-24(27)26-18(3)15-21-10-6-7-11-22(21)19(26)4/h5-15,17,25H,16H2,1-4H3/t25-/m1/s1. The van der Waals surface area contributed by atoms with Crippen LogP contribution in [-0.4, -0.2) is 18.5 Å². The average Bonchev–Trinajstić information content (AvgIpc) is 3.24. The molecule has 4 aromatic rings. The van der Waals surface area contributed by atoms with Gasteiger partial charge in [-0.3, -0.25) is 0 Å². The third kappa shape index (κ3) is 2.99. The zero-order chi connectivity index (χ0) is 20.8. The molecule has 0 saturated heterocycles. The van der Waals surface area contributed by atoms with E-state index in [0.717, 1.165) is 11.5 Å². The van der Waals surface area contributed by atoms with E-state index in [4.69, 9.17) is 9.73 Å². The molecule has 0 aromatic heterocycles. The number of rotatable bonds is 3. The molecule has 2 heteroatoms. The highest BCUT2D eigenvalue weighted by Crippen LogP contribution is 2.39. The number of ether oxygens (including phenoxy) is 1. The van der Waals surface area contributed by atoms with Crippen LogP contribution in [0.4, 0.5) is 0 Å². The van der Waals surface area contributed by atoms with Crippen molar-refractivity contribution >= 4 is 27.4 Å². The summed E-state index contributed by atoms with van der Waals surface area (Å²) >= 11 is 0. The zero-order valence-electron chi connectivity index (χ0n) is 18.1. The van der Waals surface area contributed by atoms with Crippen LogP contribution in [0.5, 0.6) is 0 Å². The summed E-state index contributed by atoms with van der Waals surface area (Å²) in [4.78, 5) is 5.01. The van der Waals surface area contributed by atoms with Gasteiger partial charge in [0.05, 0.1) is 11.6 Å². The summed E-state index contributed by atoms with van der Waals surface area (Å²) in [5, 5.41) is 5.00. The quantitative estimate of drug-likeness (QED) is 0.364. The molecule has 1 atom stereocenters. The third-order valence-electron chi connectivity index (χ3n) is 6.36. The Morgan fingerprint density at radius 2 is 1.53 bits per heavy atom. The molecule has 30 heavy (non-hydrogen) atoms. The van der Waals surface area contributed by atoms with Crippen molar-refractivity contribution in [1.82, 2.24) is 0 Å². The number of nitrogens with zero attached hydrogens (tertiary/aromatic N) is 1. The van der Waals surface area contributed by atoms with Crippen LogP contribution in [0.25, 0.3) is 32.7 Å². The minimum absolute atomic E-state index is 0.214. The lowest BCUT2D eigenvalue weighted by atomic mass is 9.86. The number of hydrogen-bond acceptors (Lipinski definition) is 2. The summed E-state index contributed by atoms with van der Waals surface area (Å²) in [6, 6.07) is 24.2. The van der Waals surface area contributed by atoms with Crippen LogP contribution in [0.3, 0.4) is 0 Å². The first kappa shape index (κ1) is 18.9. The molecular weight excluding hydrogens is 366 g/mol. The molecule has 2 nitrogen and oxygen atoms in total. The van der Waals surface area contributed by atoms with E-state index in [1.165, 1.54) is 43.8 Å². The summed E-state index contributed by atoms with van der Waals surface area (Å²) in [7, 11) is 0. The second kappa shape index (κ2) is 7.28. The van der Waals surface area contributed by atoms with E-state index in [9.17, 15) is 0 Å². The van der Waals surface area contributed by atoms with Gasteiger partial charge in [-0.1, -0.05) is 80.6 Å². The van der Waals surface area contributed by atoms with Crippen molar-refractivity contribution in [3.63, 3.8) is 0 Å². The lowest BCUT2D eigenvalue weighted by molar-refractivity contribution is 0.292. The zero-order valence-corrected chi connectivity index (χ0v) is 18.1. The minimum atomic E-state index is 0.214. The summed E-state index contributed by atoms with van der Waals surface area (Å²) in [6.07, 6.45) is 0. The van der Waals surface area contributed by atoms with Crippen molar-refractivity contribution in [1.29, 1.82) is 0 Å². The highest BCUT2D eigenvalue weighted by molar-refractivity contribution is 6.14. The molecule has 0 N–H and O–H groups in total. The minimum Gasteiger partial charge on any atom is -0.475 e. The summed E-state index contributed by atoms with van der Waals surface area (Å²) < 4.78 is 6.20. The number of fused-ring (bicyclic) bond motifs is 2. The maximum absolute atomic E-state index is 6.20.